The van der Waals surface area contributed by atoms with Crippen LogP contribution in [0.2, 0.25) is 0 Å². The number of nitrogens with two attached hydrogens (primary N) is 2. The number of nitrogen functional groups attached to an aromatic ring is 1. The van der Waals surface area contributed by atoms with E-state index in [1.165, 1.54) is 6.07 Å². The molecular weight excluding hydrogens is 239 g/mol. The average Bonchev–Trinajstić information content (AvgIpc) is 2.39. The summed E-state index contributed by atoms with van der Waals surface area (Å²) in [5, 5.41) is 0. The van der Waals surface area contributed by atoms with E-state index in [2.05, 4.69) is 0 Å². The second-order valence-electron chi connectivity index (χ2n) is 5.17. The fourth-order valence-corrected chi connectivity index (χ4v) is 2.34. The predicted octanol–water partition coefficient (Wildman–Crippen LogP) is 2.87. The van der Waals surface area contributed by atoms with E-state index in [9.17, 15) is 4.39 Å². The van der Waals surface area contributed by atoms with E-state index in [-0.39, 0.29) is 5.82 Å². The number of hydrogen-bond donors (Lipinski definition) is 2. The van der Waals surface area contributed by atoms with Crippen LogP contribution in [-0.4, -0.2) is 6.54 Å². The Balaban J connectivity index is 2.36. The lowest BCUT2D eigenvalue weighted by Gasteiger charge is -2.29. The molecule has 0 aliphatic heterocycles. The zero-order valence-corrected chi connectivity index (χ0v) is 11.1. The van der Waals surface area contributed by atoms with Gasteiger partial charge in [0, 0.05) is 17.6 Å². The quantitative estimate of drug-likeness (QED) is 0.828. The molecule has 0 radical (unpaired) electrons. The highest BCUT2D eigenvalue weighted by Gasteiger charge is 2.28. The van der Waals surface area contributed by atoms with Crippen LogP contribution in [0.1, 0.15) is 18.1 Å². The van der Waals surface area contributed by atoms with Crippen molar-refractivity contribution in [3.05, 3.63) is 65.5 Å². The molecule has 0 aliphatic carbocycles. The minimum atomic E-state index is -0.431. The fourth-order valence-electron chi connectivity index (χ4n) is 2.34. The lowest BCUT2D eigenvalue weighted by molar-refractivity contribution is 0.450. The van der Waals surface area contributed by atoms with Gasteiger partial charge in [-0.05, 0) is 29.7 Å². The number of rotatable bonds is 4. The Labute approximate surface area is 113 Å². The maximum Gasteiger partial charge on any atom is 0.129 e. The van der Waals surface area contributed by atoms with E-state index < -0.39 is 5.41 Å². The van der Waals surface area contributed by atoms with Gasteiger partial charge in [0.1, 0.15) is 5.82 Å². The first-order chi connectivity index (χ1) is 9.05. The maximum atomic E-state index is 14.1. The van der Waals surface area contributed by atoms with Crippen molar-refractivity contribution in [1.29, 1.82) is 0 Å². The van der Waals surface area contributed by atoms with Gasteiger partial charge in [-0.3, -0.25) is 0 Å². The number of benzene rings is 2. The summed E-state index contributed by atoms with van der Waals surface area (Å²) >= 11 is 0. The summed E-state index contributed by atoms with van der Waals surface area (Å²) in [6, 6.07) is 14.8. The van der Waals surface area contributed by atoms with Crippen molar-refractivity contribution >= 4 is 5.69 Å². The molecule has 0 spiro atoms. The smallest absolute Gasteiger partial charge is 0.129 e. The second-order valence-corrected chi connectivity index (χ2v) is 5.17. The summed E-state index contributed by atoms with van der Waals surface area (Å²) in [6.45, 7) is 2.36. The molecule has 0 bridgehead atoms. The minimum absolute atomic E-state index is 0.288. The Morgan fingerprint density at radius 1 is 1.11 bits per heavy atom. The summed E-state index contributed by atoms with van der Waals surface area (Å²) in [5.74, 6) is -0.288. The third-order valence-corrected chi connectivity index (χ3v) is 3.53. The van der Waals surface area contributed by atoms with Crippen molar-refractivity contribution in [2.45, 2.75) is 18.8 Å². The van der Waals surface area contributed by atoms with Crippen molar-refractivity contribution in [3.8, 4) is 0 Å². The predicted molar refractivity (Wildman–Crippen MR) is 77.4 cm³/mol. The molecule has 0 heterocycles. The molecule has 0 aliphatic rings. The molecular formula is C16H19FN2. The number of hydrogen-bond acceptors (Lipinski definition) is 2. The molecule has 0 amide bonds. The van der Waals surface area contributed by atoms with Crippen molar-refractivity contribution in [1.82, 2.24) is 0 Å². The van der Waals surface area contributed by atoms with Gasteiger partial charge in [-0.1, -0.05) is 43.3 Å². The molecule has 3 heteroatoms. The summed E-state index contributed by atoms with van der Waals surface area (Å²) in [5.41, 5.74) is 13.3. The number of anilines is 1. The molecule has 2 aromatic rings. The summed E-state index contributed by atoms with van der Waals surface area (Å²) in [6.07, 6.45) is 0.700. The van der Waals surface area contributed by atoms with Crippen molar-refractivity contribution in [2.75, 3.05) is 12.3 Å². The van der Waals surface area contributed by atoms with Crippen molar-refractivity contribution in [3.63, 3.8) is 0 Å². The Bertz CT molecular complexity index is 554. The third kappa shape index (κ3) is 2.93. The molecule has 0 saturated heterocycles. The molecule has 4 N–H and O–H groups in total. The van der Waals surface area contributed by atoms with Gasteiger partial charge in [0.2, 0.25) is 0 Å². The van der Waals surface area contributed by atoms with E-state index in [0.717, 1.165) is 5.56 Å². The van der Waals surface area contributed by atoms with Gasteiger partial charge in [-0.2, -0.15) is 0 Å². The van der Waals surface area contributed by atoms with E-state index in [1.54, 1.807) is 12.1 Å². The van der Waals surface area contributed by atoms with Crippen molar-refractivity contribution < 1.29 is 4.39 Å². The van der Waals surface area contributed by atoms with Gasteiger partial charge in [0.15, 0.2) is 0 Å². The highest BCUT2D eigenvalue weighted by Crippen LogP contribution is 2.30. The molecule has 2 aromatic carbocycles. The zero-order chi connectivity index (χ0) is 13.9. The van der Waals surface area contributed by atoms with Gasteiger partial charge in [0.05, 0.1) is 0 Å². The highest BCUT2D eigenvalue weighted by molar-refractivity contribution is 5.43. The highest BCUT2D eigenvalue weighted by atomic mass is 19.1. The molecule has 1 atom stereocenters. The van der Waals surface area contributed by atoms with E-state index in [0.29, 0.717) is 24.2 Å². The van der Waals surface area contributed by atoms with Gasteiger partial charge in [-0.25, -0.2) is 4.39 Å². The monoisotopic (exact) mass is 258 g/mol. The first kappa shape index (κ1) is 13.6. The van der Waals surface area contributed by atoms with Crippen LogP contribution < -0.4 is 11.5 Å². The van der Waals surface area contributed by atoms with Crippen LogP contribution in [0.4, 0.5) is 10.1 Å². The molecule has 0 saturated carbocycles. The third-order valence-electron chi connectivity index (χ3n) is 3.53. The Morgan fingerprint density at radius 3 is 2.37 bits per heavy atom. The first-order valence-corrected chi connectivity index (χ1v) is 6.35. The first-order valence-electron chi connectivity index (χ1n) is 6.35. The molecule has 0 aromatic heterocycles. The summed E-state index contributed by atoms with van der Waals surface area (Å²) < 4.78 is 14.1. The Kier molecular flexibility index (Phi) is 3.86. The minimum Gasteiger partial charge on any atom is -0.399 e. The van der Waals surface area contributed by atoms with Gasteiger partial charge in [0.25, 0.3) is 0 Å². The second kappa shape index (κ2) is 5.41. The van der Waals surface area contributed by atoms with Crippen LogP contribution in [0.5, 0.6) is 0 Å². The lowest BCUT2D eigenvalue weighted by atomic mass is 9.77. The summed E-state index contributed by atoms with van der Waals surface area (Å²) in [7, 11) is 0. The topological polar surface area (TPSA) is 52.0 Å². The van der Waals surface area contributed by atoms with Gasteiger partial charge in [-0.15, -0.1) is 0 Å². The van der Waals surface area contributed by atoms with E-state index in [4.69, 9.17) is 11.5 Å². The van der Waals surface area contributed by atoms with Crippen LogP contribution in [0.25, 0.3) is 0 Å². The van der Waals surface area contributed by atoms with Crippen LogP contribution in [0.15, 0.2) is 48.5 Å². The van der Waals surface area contributed by atoms with E-state index in [1.807, 2.05) is 37.3 Å². The molecule has 100 valence electrons. The molecule has 2 nitrogen and oxygen atoms in total. The fraction of sp³-hybridized carbons (Fsp3) is 0.250. The standard InChI is InChI=1S/C16H19FN2/c1-16(11-18,10-12-5-3-2-4-6-12)14-8-7-13(19)9-15(14)17/h2-9H,10-11,18-19H2,1H3. The number of halogens is 1. The van der Waals surface area contributed by atoms with Gasteiger partial charge >= 0.3 is 0 Å². The molecule has 0 fully saturated rings. The van der Waals surface area contributed by atoms with Crippen LogP contribution in [0, 0.1) is 5.82 Å². The van der Waals surface area contributed by atoms with E-state index >= 15 is 0 Å². The van der Waals surface area contributed by atoms with Crippen molar-refractivity contribution in [2.24, 2.45) is 5.73 Å². The average molecular weight is 258 g/mol. The van der Waals surface area contributed by atoms with Crippen LogP contribution in [0.3, 0.4) is 0 Å². The van der Waals surface area contributed by atoms with Gasteiger partial charge < -0.3 is 11.5 Å². The summed E-state index contributed by atoms with van der Waals surface area (Å²) in [4.78, 5) is 0. The zero-order valence-electron chi connectivity index (χ0n) is 11.1. The molecule has 1 unspecified atom stereocenters. The van der Waals surface area contributed by atoms with Crippen LogP contribution in [-0.2, 0) is 11.8 Å². The SMILES string of the molecule is CC(CN)(Cc1ccccc1)c1ccc(N)cc1F. The Hall–Kier alpha value is -1.87. The normalized spacial score (nSPS) is 14.1. The largest absolute Gasteiger partial charge is 0.399 e. The molecule has 2 rings (SSSR count). The Morgan fingerprint density at radius 2 is 1.79 bits per heavy atom. The lowest BCUT2D eigenvalue weighted by Crippen LogP contribution is -2.35. The van der Waals surface area contributed by atoms with Crippen LogP contribution >= 0.6 is 0 Å². The maximum absolute atomic E-state index is 14.1. The molecule has 19 heavy (non-hydrogen) atoms.